The van der Waals surface area contributed by atoms with E-state index in [1.165, 1.54) is 0 Å². The summed E-state index contributed by atoms with van der Waals surface area (Å²) in [6, 6.07) is 24.1. The van der Waals surface area contributed by atoms with Gasteiger partial charge in [-0.25, -0.2) is 14.8 Å². The minimum atomic E-state index is -0.207. The first-order chi connectivity index (χ1) is 13.7. The van der Waals surface area contributed by atoms with Gasteiger partial charge in [-0.3, -0.25) is 9.55 Å². The zero-order valence-corrected chi connectivity index (χ0v) is 15.3. The first-order valence-electron chi connectivity index (χ1n) is 9.23. The van der Waals surface area contributed by atoms with E-state index in [0.717, 1.165) is 27.6 Å². The summed E-state index contributed by atoms with van der Waals surface area (Å²) in [7, 11) is 0. The molecule has 136 valence electrons. The molecule has 0 bridgehead atoms. The number of hydrogen-bond donors (Lipinski definition) is 1. The highest BCUT2D eigenvalue weighted by Crippen LogP contribution is 2.28. The lowest BCUT2D eigenvalue weighted by Gasteiger charge is -2.13. The van der Waals surface area contributed by atoms with Gasteiger partial charge in [0.2, 0.25) is 0 Å². The van der Waals surface area contributed by atoms with Crippen LogP contribution in [0.25, 0.3) is 33.3 Å². The summed E-state index contributed by atoms with van der Waals surface area (Å²) in [4.78, 5) is 24.8. The summed E-state index contributed by atoms with van der Waals surface area (Å²) >= 11 is 0. The van der Waals surface area contributed by atoms with Gasteiger partial charge in [-0.15, -0.1) is 0 Å². The predicted molar refractivity (Wildman–Crippen MR) is 111 cm³/mol. The Bertz CT molecular complexity index is 1350. The Hall–Kier alpha value is -3.73. The number of rotatable bonds is 3. The molecule has 0 amide bonds. The molecule has 0 aliphatic rings. The van der Waals surface area contributed by atoms with E-state index in [2.05, 4.69) is 28.2 Å². The van der Waals surface area contributed by atoms with Gasteiger partial charge < -0.3 is 0 Å². The molecule has 0 radical (unpaired) electrons. The normalized spacial score (nSPS) is 12.5. The zero-order valence-electron chi connectivity index (χ0n) is 15.3. The van der Waals surface area contributed by atoms with E-state index in [4.69, 9.17) is 4.98 Å². The van der Waals surface area contributed by atoms with E-state index >= 15 is 0 Å². The molecule has 0 fully saturated rings. The Morgan fingerprint density at radius 3 is 2.54 bits per heavy atom. The van der Waals surface area contributed by atoms with Gasteiger partial charge in [-0.2, -0.15) is 0 Å². The molecule has 0 spiro atoms. The van der Waals surface area contributed by atoms with Crippen molar-refractivity contribution < 1.29 is 0 Å². The standard InChI is InChI=1S/C23H18N4O/c1-15(16-8-3-2-4-9-16)27-22-21(26-23(27)28)24-14-20(25-22)19-13-7-11-17-10-5-6-12-18(17)19/h2-15H,1H3,(H,24,26,28)/t15-/m0/s1. The molecule has 0 saturated carbocycles. The zero-order chi connectivity index (χ0) is 19.1. The lowest BCUT2D eigenvalue weighted by molar-refractivity contribution is 0.631. The van der Waals surface area contributed by atoms with E-state index in [-0.39, 0.29) is 11.7 Å². The summed E-state index contributed by atoms with van der Waals surface area (Å²) in [5.41, 5.74) is 3.64. The van der Waals surface area contributed by atoms with E-state index in [9.17, 15) is 4.79 Å². The first-order valence-corrected chi connectivity index (χ1v) is 9.23. The van der Waals surface area contributed by atoms with Crippen LogP contribution in [0.3, 0.4) is 0 Å². The highest BCUT2D eigenvalue weighted by molar-refractivity contribution is 5.96. The van der Waals surface area contributed by atoms with Crippen LogP contribution in [0.15, 0.2) is 83.8 Å². The van der Waals surface area contributed by atoms with Crippen molar-refractivity contribution in [1.29, 1.82) is 0 Å². The number of hydrogen-bond acceptors (Lipinski definition) is 3. The minimum Gasteiger partial charge on any atom is -0.289 e. The molecule has 0 saturated heterocycles. The van der Waals surface area contributed by atoms with Gasteiger partial charge in [0.15, 0.2) is 11.3 Å². The smallest absolute Gasteiger partial charge is 0.289 e. The van der Waals surface area contributed by atoms with Crippen molar-refractivity contribution in [3.63, 3.8) is 0 Å². The van der Waals surface area contributed by atoms with E-state index in [1.54, 1.807) is 10.8 Å². The van der Waals surface area contributed by atoms with Gasteiger partial charge in [0.1, 0.15) is 0 Å². The molecule has 5 nitrogen and oxygen atoms in total. The number of nitrogens with one attached hydrogen (secondary N) is 1. The maximum atomic E-state index is 12.6. The molecule has 1 atom stereocenters. The molecule has 0 aliphatic heterocycles. The molecule has 1 N–H and O–H groups in total. The van der Waals surface area contributed by atoms with Gasteiger partial charge in [0.05, 0.1) is 17.9 Å². The molecule has 2 aromatic heterocycles. The van der Waals surface area contributed by atoms with Crippen LogP contribution in [0.1, 0.15) is 18.5 Å². The quantitative estimate of drug-likeness (QED) is 0.509. The lowest BCUT2D eigenvalue weighted by atomic mass is 10.0. The van der Waals surface area contributed by atoms with E-state index in [1.807, 2.05) is 61.5 Å². The molecule has 0 unspecified atom stereocenters. The van der Waals surface area contributed by atoms with Crippen LogP contribution in [-0.2, 0) is 0 Å². The summed E-state index contributed by atoms with van der Waals surface area (Å²) in [5.74, 6) is 0. The largest absolute Gasteiger partial charge is 0.329 e. The fourth-order valence-electron chi connectivity index (χ4n) is 3.71. The molecule has 0 aliphatic carbocycles. The van der Waals surface area contributed by atoms with Gasteiger partial charge in [0.25, 0.3) is 0 Å². The fourth-order valence-corrected chi connectivity index (χ4v) is 3.71. The van der Waals surface area contributed by atoms with Crippen molar-refractivity contribution in [2.24, 2.45) is 0 Å². The fraction of sp³-hybridized carbons (Fsp3) is 0.0870. The van der Waals surface area contributed by atoms with Crippen LogP contribution >= 0.6 is 0 Å². The number of aromatic nitrogens is 4. The minimum absolute atomic E-state index is 0.153. The third-order valence-corrected chi connectivity index (χ3v) is 5.16. The second kappa shape index (κ2) is 6.46. The molecule has 5 rings (SSSR count). The highest BCUT2D eigenvalue weighted by Gasteiger charge is 2.18. The van der Waals surface area contributed by atoms with Crippen LogP contribution < -0.4 is 5.69 Å². The second-order valence-electron chi connectivity index (χ2n) is 6.84. The van der Waals surface area contributed by atoms with Gasteiger partial charge in [-0.1, -0.05) is 72.8 Å². The summed E-state index contributed by atoms with van der Waals surface area (Å²) in [6.45, 7) is 2.00. The van der Waals surface area contributed by atoms with Gasteiger partial charge in [-0.05, 0) is 23.3 Å². The highest BCUT2D eigenvalue weighted by atomic mass is 16.1. The first kappa shape index (κ1) is 16.4. The Morgan fingerprint density at radius 1 is 0.929 bits per heavy atom. The van der Waals surface area contributed by atoms with E-state index < -0.39 is 0 Å². The topological polar surface area (TPSA) is 63.6 Å². The number of nitrogens with zero attached hydrogens (tertiary/aromatic N) is 3. The molecular weight excluding hydrogens is 348 g/mol. The summed E-state index contributed by atoms with van der Waals surface area (Å²) < 4.78 is 1.67. The van der Waals surface area contributed by atoms with Crippen LogP contribution in [0.5, 0.6) is 0 Å². The maximum Gasteiger partial charge on any atom is 0.329 e. The van der Waals surface area contributed by atoms with Crippen molar-refractivity contribution in [1.82, 2.24) is 19.5 Å². The summed E-state index contributed by atoms with van der Waals surface area (Å²) in [5, 5.41) is 2.25. The lowest BCUT2D eigenvalue weighted by Crippen LogP contribution is -2.21. The molecule has 5 heteroatoms. The third-order valence-electron chi connectivity index (χ3n) is 5.16. The average Bonchev–Trinajstić information content (AvgIpc) is 3.08. The molecule has 28 heavy (non-hydrogen) atoms. The van der Waals surface area contributed by atoms with Crippen LogP contribution in [0, 0.1) is 0 Å². The predicted octanol–water partition coefficient (Wildman–Crippen LogP) is 4.55. The van der Waals surface area contributed by atoms with E-state index in [0.29, 0.717) is 11.3 Å². The molecule has 2 heterocycles. The third kappa shape index (κ3) is 2.60. The van der Waals surface area contributed by atoms with Gasteiger partial charge in [0, 0.05) is 5.56 Å². The molecular formula is C23H18N4O. The Balaban J connectivity index is 1.72. The van der Waals surface area contributed by atoms with Crippen LogP contribution in [0.2, 0.25) is 0 Å². The van der Waals surface area contributed by atoms with Crippen molar-refractivity contribution in [3.8, 4) is 11.3 Å². The van der Waals surface area contributed by atoms with Crippen LogP contribution in [0.4, 0.5) is 0 Å². The molecule has 3 aromatic carbocycles. The van der Waals surface area contributed by atoms with Crippen molar-refractivity contribution >= 4 is 22.1 Å². The Morgan fingerprint density at radius 2 is 1.68 bits per heavy atom. The maximum absolute atomic E-state index is 12.6. The second-order valence-corrected chi connectivity index (χ2v) is 6.84. The van der Waals surface area contributed by atoms with Crippen molar-refractivity contribution in [3.05, 3.63) is 95.0 Å². The average molecular weight is 366 g/mol. The monoisotopic (exact) mass is 366 g/mol. The van der Waals surface area contributed by atoms with Gasteiger partial charge >= 0.3 is 5.69 Å². The summed E-state index contributed by atoms with van der Waals surface area (Å²) in [6.07, 6.45) is 1.72. The number of imidazole rings is 1. The van der Waals surface area contributed by atoms with Crippen LogP contribution in [-0.4, -0.2) is 19.5 Å². The number of benzene rings is 3. The van der Waals surface area contributed by atoms with Crippen molar-refractivity contribution in [2.45, 2.75) is 13.0 Å². The molecule has 5 aromatic rings. The van der Waals surface area contributed by atoms with Crippen molar-refractivity contribution in [2.75, 3.05) is 0 Å². The number of H-pyrrole nitrogens is 1. The number of fused-ring (bicyclic) bond motifs is 2. The number of aromatic amines is 1. The Labute approximate surface area is 161 Å². The Kier molecular flexibility index (Phi) is 3.79. The SMILES string of the molecule is C[C@@H](c1ccccc1)n1c(=O)[nH]c2ncc(-c3cccc4ccccc34)nc21.